The average Bonchev–Trinajstić information content (AvgIpc) is 3.57. The lowest BCUT2D eigenvalue weighted by Gasteiger charge is -2.25. The van der Waals surface area contributed by atoms with E-state index in [-0.39, 0.29) is 5.57 Å². The van der Waals surface area contributed by atoms with Crippen molar-refractivity contribution >= 4 is 57.4 Å². The molecule has 0 saturated carbocycles. The summed E-state index contributed by atoms with van der Waals surface area (Å²) in [5.74, 6) is -1.20. The van der Waals surface area contributed by atoms with Crippen LogP contribution in [-0.4, -0.2) is 11.1 Å². The summed E-state index contributed by atoms with van der Waals surface area (Å²) in [6.45, 7) is 0. The van der Waals surface area contributed by atoms with Crippen LogP contribution in [0, 0.1) is 20.4 Å². The van der Waals surface area contributed by atoms with E-state index in [4.69, 9.17) is 5.26 Å². The van der Waals surface area contributed by atoms with Gasteiger partial charge in [-0.25, -0.2) is 4.79 Å². The Labute approximate surface area is 215 Å². The van der Waals surface area contributed by atoms with Crippen molar-refractivity contribution in [3.8, 4) is 6.07 Å². The maximum Gasteiger partial charge on any atom is 0.347 e. The SMILES string of the molecule is N#C/C(C(=O)O)=c1\cc/c(=c2\cc/c(=C/c3ccc(N(c4ccccc4)c4ccccc4)cc3)s2)s1. The van der Waals surface area contributed by atoms with Gasteiger partial charge in [-0.1, -0.05) is 48.5 Å². The van der Waals surface area contributed by atoms with Gasteiger partial charge in [0.15, 0.2) is 5.57 Å². The molecule has 0 spiro atoms. The largest absolute Gasteiger partial charge is 0.477 e. The lowest BCUT2D eigenvalue weighted by molar-refractivity contribution is -0.130. The van der Waals surface area contributed by atoms with Gasteiger partial charge in [-0.05, 0) is 72.3 Å². The van der Waals surface area contributed by atoms with E-state index in [9.17, 15) is 9.90 Å². The van der Waals surface area contributed by atoms with E-state index in [1.807, 2.05) is 48.5 Å². The Hall–Kier alpha value is -4.44. The van der Waals surface area contributed by atoms with Crippen molar-refractivity contribution in [2.45, 2.75) is 0 Å². The van der Waals surface area contributed by atoms with Crippen LogP contribution in [0.4, 0.5) is 17.1 Å². The molecule has 6 heteroatoms. The van der Waals surface area contributed by atoms with Gasteiger partial charge in [-0.2, -0.15) is 5.26 Å². The molecule has 0 unspecified atom stereocenters. The fraction of sp³-hybridized carbons (Fsp3) is 0. The van der Waals surface area contributed by atoms with Gasteiger partial charge < -0.3 is 10.0 Å². The molecule has 0 aliphatic heterocycles. The number of para-hydroxylation sites is 2. The van der Waals surface area contributed by atoms with Gasteiger partial charge in [0.05, 0.1) is 4.53 Å². The Balaban J connectivity index is 1.50. The molecule has 0 saturated heterocycles. The van der Waals surface area contributed by atoms with Gasteiger partial charge in [0.1, 0.15) is 6.07 Å². The van der Waals surface area contributed by atoms with Crippen LogP contribution in [-0.2, 0) is 4.79 Å². The smallest absolute Gasteiger partial charge is 0.347 e. The first kappa shape index (κ1) is 23.3. The van der Waals surface area contributed by atoms with Crippen LogP contribution < -0.4 is 14.0 Å². The zero-order chi connectivity index (χ0) is 24.9. The van der Waals surface area contributed by atoms with E-state index in [1.54, 1.807) is 23.5 Å². The first-order valence-electron chi connectivity index (χ1n) is 11.2. The van der Waals surface area contributed by atoms with Crippen LogP contribution in [0.1, 0.15) is 5.56 Å². The zero-order valence-electron chi connectivity index (χ0n) is 19.0. The first-order chi connectivity index (χ1) is 17.6. The minimum atomic E-state index is -1.20. The highest BCUT2D eigenvalue weighted by Gasteiger charge is 2.11. The number of carboxylic acids is 1. The van der Waals surface area contributed by atoms with Gasteiger partial charge >= 0.3 is 5.97 Å². The highest BCUT2D eigenvalue weighted by molar-refractivity contribution is 7.11. The van der Waals surface area contributed by atoms with Gasteiger partial charge in [0.2, 0.25) is 0 Å². The van der Waals surface area contributed by atoms with Crippen molar-refractivity contribution in [3.05, 3.63) is 133 Å². The lowest BCUT2D eigenvalue weighted by Crippen LogP contribution is -2.09. The molecule has 3 aromatic carbocycles. The summed E-state index contributed by atoms with van der Waals surface area (Å²) in [6, 6.07) is 38.5. The second-order valence-electron chi connectivity index (χ2n) is 7.90. The van der Waals surface area contributed by atoms with E-state index < -0.39 is 5.97 Å². The van der Waals surface area contributed by atoms with E-state index in [2.05, 4.69) is 65.6 Å². The third kappa shape index (κ3) is 4.98. The van der Waals surface area contributed by atoms with E-state index in [0.29, 0.717) is 4.53 Å². The Morgan fingerprint density at radius 2 is 1.28 bits per heavy atom. The predicted molar refractivity (Wildman–Crippen MR) is 147 cm³/mol. The maximum absolute atomic E-state index is 11.3. The Kier molecular flexibility index (Phi) is 6.76. The van der Waals surface area contributed by atoms with Crippen LogP contribution >= 0.6 is 22.7 Å². The number of hydrogen-bond acceptors (Lipinski definition) is 5. The molecular weight excluding hydrogens is 484 g/mol. The normalized spacial score (nSPS) is 13.1. The highest BCUT2D eigenvalue weighted by atomic mass is 32.1. The van der Waals surface area contributed by atoms with Crippen molar-refractivity contribution in [2.24, 2.45) is 0 Å². The Bertz CT molecular complexity index is 1730. The van der Waals surface area contributed by atoms with Crippen molar-refractivity contribution in [1.82, 2.24) is 0 Å². The zero-order valence-corrected chi connectivity index (χ0v) is 20.7. The Morgan fingerprint density at radius 3 is 1.86 bits per heavy atom. The summed E-state index contributed by atoms with van der Waals surface area (Å²) in [4.78, 5) is 13.5. The number of thiophene rings is 2. The van der Waals surface area contributed by atoms with Crippen LogP contribution in [0.3, 0.4) is 0 Å². The predicted octanol–water partition coefficient (Wildman–Crippen LogP) is 6.15. The van der Waals surface area contributed by atoms with Crippen LogP contribution in [0.25, 0.3) is 11.6 Å². The standard InChI is InChI=1S/C30H20N2O2S2/c31-20-26(30(33)34)27-17-18-29(36-27)28-16-15-25(35-28)19-21-11-13-24(14-12-21)32(22-7-3-1-4-8-22)23-9-5-2-6-10-23/h1-19H,(H,33,34)/b25-19-,27-26-,29-28-. The highest BCUT2D eigenvalue weighted by Crippen LogP contribution is 2.34. The molecule has 0 fully saturated rings. The minimum Gasteiger partial charge on any atom is -0.477 e. The molecule has 2 heterocycles. The summed E-state index contributed by atoms with van der Waals surface area (Å²) in [7, 11) is 0. The van der Waals surface area contributed by atoms with E-state index in [1.165, 1.54) is 11.3 Å². The summed E-state index contributed by atoms with van der Waals surface area (Å²) < 4.78 is 3.55. The number of hydrogen-bond donors (Lipinski definition) is 1. The molecule has 0 aliphatic rings. The molecule has 1 N–H and O–H groups in total. The number of nitrogens with zero attached hydrogens (tertiary/aromatic N) is 2. The van der Waals surface area contributed by atoms with Crippen LogP contribution in [0.2, 0.25) is 0 Å². The van der Waals surface area contributed by atoms with Gasteiger partial charge in [0.25, 0.3) is 0 Å². The molecule has 0 aliphatic carbocycles. The number of benzene rings is 3. The second kappa shape index (κ2) is 10.4. The molecule has 0 amide bonds. The van der Waals surface area contributed by atoms with E-state index >= 15 is 0 Å². The first-order valence-corrected chi connectivity index (χ1v) is 12.8. The Morgan fingerprint density at radius 1 is 0.722 bits per heavy atom. The number of aliphatic carboxylic acids is 1. The molecule has 0 atom stereocenters. The molecular formula is C30H20N2O2S2. The fourth-order valence-electron chi connectivity index (χ4n) is 3.86. The maximum atomic E-state index is 11.3. The monoisotopic (exact) mass is 504 g/mol. The molecule has 4 nitrogen and oxygen atoms in total. The molecule has 5 aromatic rings. The fourth-order valence-corrected chi connectivity index (χ4v) is 5.91. The molecule has 5 rings (SSSR count). The van der Waals surface area contributed by atoms with Crippen molar-refractivity contribution in [1.29, 1.82) is 5.26 Å². The van der Waals surface area contributed by atoms with Gasteiger partial charge in [-0.3, -0.25) is 0 Å². The minimum absolute atomic E-state index is 0.227. The molecule has 174 valence electrons. The van der Waals surface area contributed by atoms with Gasteiger partial charge in [0, 0.05) is 30.7 Å². The van der Waals surface area contributed by atoms with Crippen molar-refractivity contribution in [3.63, 3.8) is 0 Å². The number of nitriles is 1. The van der Waals surface area contributed by atoms with Gasteiger partial charge in [-0.15, -0.1) is 22.7 Å². The quantitative estimate of drug-likeness (QED) is 0.312. The molecule has 2 aromatic heterocycles. The number of anilines is 3. The van der Waals surface area contributed by atoms with Crippen LogP contribution in [0.15, 0.2) is 109 Å². The molecule has 36 heavy (non-hydrogen) atoms. The third-order valence-electron chi connectivity index (χ3n) is 5.54. The summed E-state index contributed by atoms with van der Waals surface area (Å²) in [6.07, 6.45) is 2.13. The van der Waals surface area contributed by atoms with E-state index in [0.717, 1.165) is 36.2 Å². The van der Waals surface area contributed by atoms with Crippen molar-refractivity contribution in [2.75, 3.05) is 4.90 Å². The summed E-state index contributed by atoms with van der Waals surface area (Å²) in [5.41, 5.74) is 4.13. The summed E-state index contributed by atoms with van der Waals surface area (Å²) >= 11 is 2.95. The number of carbonyl (C=O) groups is 1. The third-order valence-corrected chi connectivity index (χ3v) is 7.87. The second-order valence-corrected chi connectivity index (χ2v) is 10.1. The topological polar surface area (TPSA) is 64.3 Å². The van der Waals surface area contributed by atoms with Crippen molar-refractivity contribution < 1.29 is 9.90 Å². The average molecular weight is 505 g/mol. The molecule has 0 radical (unpaired) electrons. The number of carboxylic acid groups (broad SMARTS) is 1. The molecule has 0 bridgehead atoms. The number of rotatable bonds is 5. The lowest BCUT2D eigenvalue weighted by atomic mass is 10.1. The summed E-state index contributed by atoms with van der Waals surface area (Å²) in [5, 5.41) is 18.3. The van der Waals surface area contributed by atoms with Crippen LogP contribution in [0.5, 0.6) is 0 Å².